The Kier molecular flexibility index (Phi) is 6.13. The maximum Gasteiger partial charge on any atom is 0.416 e. The molecule has 0 spiro atoms. The fourth-order valence-electron chi connectivity index (χ4n) is 3.44. The Morgan fingerprint density at radius 3 is 2.62 bits per heavy atom. The molecule has 0 aliphatic heterocycles. The van der Waals surface area contributed by atoms with Gasteiger partial charge in [0.25, 0.3) is 5.91 Å². The average Bonchev–Trinajstić information content (AvgIpc) is 3.42. The molecule has 1 aliphatic carbocycles. The van der Waals surface area contributed by atoms with Gasteiger partial charge in [0, 0.05) is 29.4 Å². The van der Waals surface area contributed by atoms with Crippen molar-refractivity contribution in [2.75, 3.05) is 6.54 Å². The van der Waals surface area contributed by atoms with E-state index in [1.165, 1.54) is 28.2 Å². The monoisotopic (exact) mass is 483 g/mol. The molecule has 32 heavy (non-hydrogen) atoms. The second-order valence-corrected chi connectivity index (χ2v) is 8.49. The van der Waals surface area contributed by atoms with E-state index in [0.29, 0.717) is 18.1 Å². The van der Waals surface area contributed by atoms with Crippen LogP contribution in [0.15, 0.2) is 42.9 Å². The zero-order chi connectivity index (χ0) is 23.0. The molecule has 0 N–H and O–H groups in total. The predicted octanol–water partition coefficient (Wildman–Crippen LogP) is 5.60. The number of carbonyl (C=O) groups is 1. The lowest BCUT2D eigenvalue weighted by molar-refractivity contribution is -0.137. The van der Waals surface area contributed by atoms with Crippen molar-refractivity contribution in [2.45, 2.75) is 32.0 Å². The van der Waals surface area contributed by atoms with Crippen LogP contribution >= 0.6 is 23.2 Å². The Morgan fingerprint density at radius 2 is 1.97 bits per heavy atom. The summed E-state index contributed by atoms with van der Waals surface area (Å²) < 4.78 is 41.3. The van der Waals surface area contributed by atoms with E-state index in [2.05, 4.69) is 15.1 Å². The van der Waals surface area contributed by atoms with Crippen LogP contribution < -0.4 is 0 Å². The standard InChI is InChI=1S/C21H18Cl2F3N5O/c1-12(19-28-11-29-31(19)17-4-5-27-18(23)9-17)30(10-13-2-3-13)20(32)14-6-15(21(24,25)26)8-16(22)7-14/h4-9,11-13H,2-3,10H2,1H3. The Morgan fingerprint density at radius 1 is 1.22 bits per heavy atom. The van der Waals surface area contributed by atoms with Crippen molar-refractivity contribution in [3.05, 3.63) is 70.0 Å². The maximum atomic E-state index is 13.4. The normalized spacial score (nSPS) is 14.9. The van der Waals surface area contributed by atoms with E-state index in [4.69, 9.17) is 23.2 Å². The molecule has 0 radical (unpaired) electrons. The van der Waals surface area contributed by atoms with Gasteiger partial charge in [0.2, 0.25) is 0 Å². The lowest BCUT2D eigenvalue weighted by Gasteiger charge is -2.29. The molecule has 1 unspecified atom stereocenters. The van der Waals surface area contributed by atoms with Gasteiger partial charge in [0.05, 0.1) is 17.3 Å². The van der Waals surface area contributed by atoms with Gasteiger partial charge in [-0.1, -0.05) is 23.2 Å². The summed E-state index contributed by atoms with van der Waals surface area (Å²) in [5, 5.41) is 4.34. The molecule has 1 atom stereocenters. The quantitative estimate of drug-likeness (QED) is 0.428. The molecule has 4 rings (SSSR count). The van der Waals surface area contributed by atoms with Crippen LogP contribution in [-0.4, -0.2) is 37.1 Å². The van der Waals surface area contributed by atoms with Crippen LogP contribution in [-0.2, 0) is 6.18 Å². The van der Waals surface area contributed by atoms with Crippen molar-refractivity contribution >= 4 is 29.1 Å². The fourth-order valence-corrected chi connectivity index (χ4v) is 3.84. The number of hydrogen-bond donors (Lipinski definition) is 0. The highest BCUT2D eigenvalue weighted by Crippen LogP contribution is 2.36. The average molecular weight is 484 g/mol. The number of hydrogen-bond acceptors (Lipinski definition) is 4. The third-order valence-electron chi connectivity index (χ3n) is 5.25. The summed E-state index contributed by atoms with van der Waals surface area (Å²) >= 11 is 11.9. The van der Waals surface area contributed by atoms with E-state index >= 15 is 0 Å². The lowest BCUT2D eigenvalue weighted by atomic mass is 10.1. The van der Waals surface area contributed by atoms with Gasteiger partial charge < -0.3 is 4.90 Å². The number of aromatic nitrogens is 4. The predicted molar refractivity (Wildman–Crippen MR) is 113 cm³/mol. The van der Waals surface area contributed by atoms with Crippen molar-refractivity contribution in [1.82, 2.24) is 24.6 Å². The first-order valence-electron chi connectivity index (χ1n) is 9.84. The van der Waals surface area contributed by atoms with Crippen LogP contribution in [0.1, 0.15) is 47.6 Å². The van der Waals surface area contributed by atoms with Crippen molar-refractivity contribution < 1.29 is 18.0 Å². The third-order valence-corrected chi connectivity index (χ3v) is 5.68. The summed E-state index contributed by atoms with van der Waals surface area (Å²) in [7, 11) is 0. The molecule has 6 nitrogen and oxygen atoms in total. The molecule has 168 valence electrons. The number of alkyl halides is 3. The molecule has 1 saturated carbocycles. The third kappa shape index (κ3) is 4.88. The Hall–Kier alpha value is -2.65. The van der Waals surface area contributed by atoms with Crippen LogP contribution in [0.5, 0.6) is 0 Å². The number of carbonyl (C=O) groups excluding carboxylic acids is 1. The van der Waals surface area contributed by atoms with E-state index < -0.39 is 23.7 Å². The summed E-state index contributed by atoms with van der Waals surface area (Å²) in [5.74, 6) is 0.175. The number of nitrogens with zero attached hydrogens (tertiary/aromatic N) is 5. The molecule has 1 fully saturated rings. The summed E-state index contributed by atoms with van der Waals surface area (Å²) in [4.78, 5) is 23.2. The van der Waals surface area contributed by atoms with Gasteiger partial charge in [-0.25, -0.2) is 14.6 Å². The number of halogens is 5. The molecule has 11 heteroatoms. The number of rotatable bonds is 6. The Bertz CT molecular complexity index is 1150. The van der Waals surface area contributed by atoms with Gasteiger partial charge in [-0.05, 0) is 49.9 Å². The van der Waals surface area contributed by atoms with Gasteiger partial charge in [0.1, 0.15) is 11.5 Å². The van der Waals surface area contributed by atoms with Gasteiger partial charge in [-0.3, -0.25) is 4.79 Å². The lowest BCUT2D eigenvalue weighted by Crippen LogP contribution is -2.36. The second kappa shape index (κ2) is 8.71. The highest BCUT2D eigenvalue weighted by atomic mass is 35.5. The molecule has 1 aliphatic rings. The molecule has 1 amide bonds. The molecular weight excluding hydrogens is 466 g/mol. The van der Waals surface area contributed by atoms with Crippen LogP contribution in [0, 0.1) is 5.92 Å². The molecular formula is C21H18Cl2F3N5O. The highest BCUT2D eigenvalue weighted by molar-refractivity contribution is 6.31. The van der Waals surface area contributed by atoms with Crippen molar-refractivity contribution in [2.24, 2.45) is 5.92 Å². The smallest absolute Gasteiger partial charge is 0.328 e. The molecule has 0 bridgehead atoms. The second-order valence-electron chi connectivity index (χ2n) is 7.67. The first kappa shape index (κ1) is 22.5. The summed E-state index contributed by atoms with van der Waals surface area (Å²) in [6, 6.07) is 5.60. The minimum atomic E-state index is -4.62. The fraction of sp³-hybridized carbons (Fsp3) is 0.333. The van der Waals surface area contributed by atoms with Gasteiger partial charge in [0.15, 0.2) is 5.82 Å². The molecule has 2 heterocycles. The van der Waals surface area contributed by atoms with E-state index in [1.54, 1.807) is 19.1 Å². The summed E-state index contributed by atoms with van der Waals surface area (Å²) in [6.45, 7) is 2.15. The van der Waals surface area contributed by atoms with E-state index in [9.17, 15) is 18.0 Å². The van der Waals surface area contributed by atoms with Crippen molar-refractivity contribution in [3.63, 3.8) is 0 Å². The van der Waals surface area contributed by atoms with Crippen molar-refractivity contribution in [1.29, 1.82) is 0 Å². The first-order valence-corrected chi connectivity index (χ1v) is 10.6. The Balaban J connectivity index is 1.71. The topological polar surface area (TPSA) is 63.9 Å². The molecule has 2 aromatic heterocycles. The summed E-state index contributed by atoms with van der Waals surface area (Å²) in [5.41, 5.74) is -0.498. The SMILES string of the molecule is CC(c1ncnn1-c1ccnc(Cl)c1)N(CC1CC1)C(=O)c1cc(Cl)cc(C(F)(F)F)c1. The number of pyridine rings is 1. The first-order chi connectivity index (χ1) is 15.1. The van der Waals surface area contributed by atoms with Crippen LogP contribution in [0.3, 0.4) is 0 Å². The van der Waals surface area contributed by atoms with Crippen LogP contribution in [0.2, 0.25) is 10.2 Å². The minimum absolute atomic E-state index is 0.129. The molecule has 3 aromatic rings. The van der Waals surface area contributed by atoms with Crippen molar-refractivity contribution in [3.8, 4) is 5.69 Å². The summed E-state index contributed by atoms with van der Waals surface area (Å²) in [6.07, 6.45) is 0.152. The van der Waals surface area contributed by atoms with Gasteiger partial charge >= 0.3 is 6.18 Å². The minimum Gasteiger partial charge on any atom is -0.328 e. The molecule has 0 saturated heterocycles. The largest absolute Gasteiger partial charge is 0.416 e. The number of benzene rings is 1. The maximum absolute atomic E-state index is 13.4. The Labute approximate surface area is 192 Å². The zero-order valence-electron chi connectivity index (χ0n) is 16.9. The van der Waals surface area contributed by atoms with Gasteiger partial charge in [-0.15, -0.1) is 0 Å². The zero-order valence-corrected chi connectivity index (χ0v) is 18.4. The molecule has 1 aromatic carbocycles. The van der Waals surface area contributed by atoms with Gasteiger partial charge in [-0.2, -0.15) is 18.3 Å². The van der Waals surface area contributed by atoms with E-state index in [-0.39, 0.29) is 21.7 Å². The van der Waals surface area contributed by atoms with E-state index in [1.807, 2.05) is 0 Å². The van der Waals surface area contributed by atoms with Crippen LogP contribution in [0.25, 0.3) is 5.69 Å². The van der Waals surface area contributed by atoms with Crippen LogP contribution in [0.4, 0.5) is 13.2 Å². The highest BCUT2D eigenvalue weighted by Gasteiger charge is 2.35. The number of amides is 1. The van der Waals surface area contributed by atoms with E-state index in [0.717, 1.165) is 25.0 Å².